The number of imidazole rings is 1. The first-order valence-corrected chi connectivity index (χ1v) is 8.72. The molecule has 0 radical (unpaired) electrons. The molecule has 2 heterocycles. The predicted molar refractivity (Wildman–Crippen MR) is 98.1 cm³/mol. The summed E-state index contributed by atoms with van der Waals surface area (Å²) in [6.07, 6.45) is 0. The Balaban J connectivity index is 1.82. The molecule has 1 aliphatic rings. The SMILES string of the molecule is CCN1CCN(C(=O)/C(C)=C(\C)c2nc3ccc(Cl)cc3[nH]2)CC1. The molecule has 0 atom stereocenters. The Labute approximate surface area is 147 Å². The quantitative estimate of drug-likeness (QED) is 0.868. The monoisotopic (exact) mass is 346 g/mol. The van der Waals surface area contributed by atoms with E-state index < -0.39 is 0 Å². The number of amides is 1. The maximum atomic E-state index is 12.8. The average molecular weight is 347 g/mol. The highest BCUT2D eigenvalue weighted by molar-refractivity contribution is 6.31. The van der Waals surface area contributed by atoms with Crippen LogP contribution in [0.5, 0.6) is 0 Å². The first-order valence-electron chi connectivity index (χ1n) is 8.34. The summed E-state index contributed by atoms with van der Waals surface area (Å²) in [4.78, 5) is 24.9. The number of hydrogen-bond acceptors (Lipinski definition) is 3. The van der Waals surface area contributed by atoms with Crippen molar-refractivity contribution in [2.45, 2.75) is 20.8 Å². The van der Waals surface area contributed by atoms with Crippen LogP contribution in [0, 0.1) is 0 Å². The third-order valence-corrected chi connectivity index (χ3v) is 5.02. The number of carbonyl (C=O) groups excluding carboxylic acids is 1. The first-order chi connectivity index (χ1) is 11.5. The van der Waals surface area contributed by atoms with Crippen LogP contribution in [0.3, 0.4) is 0 Å². The van der Waals surface area contributed by atoms with Crippen molar-refractivity contribution < 1.29 is 4.79 Å². The number of nitrogens with zero attached hydrogens (tertiary/aromatic N) is 3. The summed E-state index contributed by atoms with van der Waals surface area (Å²) in [5.41, 5.74) is 3.36. The summed E-state index contributed by atoms with van der Waals surface area (Å²) >= 11 is 6.02. The molecule has 1 aromatic carbocycles. The molecule has 6 heteroatoms. The van der Waals surface area contributed by atoms with Crippen LogP contribution in [0.25, 0.3) is 16.6 Å². The van der Waals surface area contributed by atoms with E-state index in [2.05, 4.69) is 21.8 Å². The minimum absolute atomic E-state index is 0.0988. The molecular weight excluding hydrogens is 324 g/mol. The number of halogens is 1. The molecule has 1 N–H and O–H groups in total. The highest BCUT2D eigenvalue weighted by Crippen LogP contribution is 2.23. The molecule has 1 aromatic heterocycles. The number of rotatable bonds is 3. The van der Waals surface area contributed by atoms with E-state index in [1.807, 2.05) is 36.9 Å². The summed E-state index contributed by atoms with van der Waals surface area (Å²) in [6.45, 7) is 10.5. The van der Waals surface area contributed by atoms with Crippen molar-refractivity contribution in [3.8, 4) is 0 Å². The van der Waals surface area contributed by atoms with Crippen molar-refractivity contribution in [1.82, 2.24) is 19.8 Å². The van der Waals surface area contributed by atoms with Crippen molar-refractivity contribution in [2.24, 2.45) is 0 Å². The van der Waals surface area contributed by atoms with E-state index in [1.54, 1.807) is 0 Å². The van der Waals surface area contributed by atoms with Gasteiger partial charge in [0.15, 0.2) is 0 Å². The first kappa shape index (κ1) is 17.0. The molecule has 0 bridgehead atoms. The van der Waals surface area contributed by atoms with E-state index in [9.17, 15) is 4.79 Å². The standard InChI is InChI=1S/C18H23ClN4O/c1-4-22-7-9-23(10-8-22)18(24)13(3)12(2)17-20-15-6-5-14(19)11-16(15)21-17/h5-6,11H,4,7-10H2,1-3H3,(H,20,21)/b13-12+. The molecule has 0 spiro atoms. The maximum Gasteiger partial charge on any atom is 0.249 e. The number of carbonyl (C=O) groups is 1. The minimum Gasteiger partial charge on any atom is -0.338 e. The summed E-state index contributed by atoms with van der Waals surface area (Å²) < 4.78 is 0. The summed E-state index contributed by atoms with van der Waals surface area (Å²) in [5, 5.41) is 0.668. The predicted octanol–water partition coefficient (Wildman–Crippen LogP) is 3.17. The van der Waals surface area contributed by atoms with Crippen LogP contribution in [0.15, 0.2) is 23.8 Å². The second kappa shape index (κ2) is 6.95. The van der Waals surface area contributed by atoms with Crippen LogP contribution in [0.4, 0.5) is 0 Å². The summed E-state index contributed by atoms with van der Waals surface area (Å²) in [7, 11) is 0. The molecule has 2 aromatic rings. The molecule has 0 unspecified atom stereocenters. The number of aromatic nitrogens is 2. The Bertz CT molecular complexity index is 787. The van der Waals surface area contributed by atoms with E-state index >= 15 is 0 Å². The zero-order valence-corrected chi connectivity index (χ0v) is 15.2. The van der Waals surface area contributed by atoms with Gasteiger partial charge in [-0.05, 0) is 38.6 Å². The number of nitrogens with one attached hydrogen (secondary N) is 1. The zero-order chi connectivity index (χ0) is 17.3. The van der Waals surface area contributed by atoms with E-state index in [1.165, 1.54) is 0 Å². The largest absolute Gasteiger partial charge is 0.338 e. The van der Waals surface area contributed by atoms with E-state index in [-0.39, 0.29) is 5.91 Å². The van der Waals surface area contributed by atoms with Crippen molar-refractivity contribution in [2.75, 3.05) is 32.7 Å². The number of hydrogen-bond donors (Lipinski definition) is 1. The molecule has 1 aliphatic heterocycles. The van der Waals surface area contributed by atoms with Crippen LogP contribution in [0.2, 0.25) is 5.02 Å². The molecule has 0 saturated carbocycles. The Morgan fingerprint density at radius 1 is 1.25 bits per heavy atom. The van der Waals surface area contributed by atoms with Gasteiger partial charge in [-0.3, -0.25) is 4.79 Å². The van der Waals surface area contributed by atoms with Gasteiger partial charge in [-0.2, -0.15) is 0 Å². The number of fused-ring (bicyclic) bond motifs is 1. The number of H-pyrrole nitrogens is 1. The van der Waals surface area contributed by atoms with Gasteiger partial charge in [-0.15, -0.1) is 0 Å². The van der Waals surface area contributed by atoms with Gasteiger partial charge in [0.1, 0.15) is 5.82 Å². The molecule has 1 amide bonds. The van der Waals surface area contributed by atoms with Gasteiger partial charge >= 0.3 is 0 Å². The average Bonchev–Trinajstić information content (AvgIpc) is 3.03. The van der Waals surface area contributed by atoms with E-state index in [4.69, 9.17) is 11.6 Å². The number of benzene rings is 1. The number of likely N-dealkylation sites (N-methyl/N-ethyl adjacent to an activating group) is 1. The van der Waals surface area contributed by atoms with Gasteiger partial charge in [0.05, 0.1) is 11.0 Å². The lowest BCUT2D eigenvalue weighted by Gasteiger charge is -2.34. The molecule has 3 rings (SSSR count). The summed E-state index contributed by atoms with van der Waals surface area (Å²) in [6, 6.07) is 5.55. The van der Waals surface area contributed by atoms with Gasteiger partial charge in [0.2, 0.25) is 5.91 Å². The lowest BCUT2D eigenvalue weighted by atomic mass is 10.1. The summed E-state index contributed by atoms with van der Waals surface area (Å²) in [5.74, 6) is 0.826. The Morgan fingerprint density at radius 2 is 1.96 bits per heavy atom. The second-order valence-corrected chi connectivity index (χ2v) is 6.66. The third kappa shape index (κ3) is 3.32. The van der Waals surface area contributed by atoms with Crippen molar-refractivity contribution >= 4 is 34.1 Å². The van der Waals surface area contributed by atoms with Crippen molar-refractivity contribution in [3.63, 3.8) is 0 Å². The van der Waals surface area contributed by atoms with Gasteiger partial charge < -0.3 is 14.8 Å². The molecule has 5 nitrogen and oxygen atoms in total. The fraction of sp³-hybridized carbons (Fsp3) is 0.444. The number of aromatic amines is 1. The van der Waals surface area contributed by atoms with Crippen molar-refractivity contribution in [1.29, 1.82) is 0 Å². The lowest BCUT2D eigenvalue weighted by molar-refractivity contribution is -0.128. The minimum atomic E-state index is 0.0988. The van der Waals surface area contributed by atoms with E-state index in [0.29, 0.717) is 5.02 Å². The molecule has 0 aliphatic carbocycles. The molecular formula is C18H23ClN4O. The second-order valence-electron chi connectivity index (χ2n) is 6.22. The Hall–Kier alpha value is -1.85. The van der Waals surface area contributed by atoms with Crippen LogP contribution in [0.1, 0.15) is 26.6 Å². The van der Waals surface area contributed by atoms with Gasteiger partial charge in [0.25, 0.3) is 0 Å². The molecule has 1 fully saturated rings. The maximum absolute atomic E-state index is 12.8. The Morgan fingerprint density at radius 3 is 2.62 bits per heavy atom. The van der Waals surface area contributed by atoms with Gasteiger partial charge in [-0.1, -0.05) is 18.5 Å². The zero-order valence-electron chi connectivity index (χ0n) is 14.4. The van der Waals surface area contributed by atoms with Crippen molar-refractivity contribution in [3.05, 3.63) is 34.6 Å². The van der Waals surface area contributed by atoms with Crippen LogP contribution in [-0.4, -0.2) is 58.4 Å². The number of allylic oxidation sites excluding steroid dienone is 1. The molecule has 1 saturated heterocycles. The normalized spacial score (nSPS) is 17.2. The fourth-order valence-corrected chi connectivity index (χ4v) is 3.17. The van der Waals surface area contributed by atoms with Crippen LogP contribution in [-0.2, 0) is 4.79 Å². The van der Waals surface area contributed by atoms with Gasteiger partial charge in [0, 0.05) is 42.3 Å². The molecule has 128 valence electrons. The van der Waals surface area contributed by atoms with E-state index in [0.717, 1.165) is 60.7 Å². The lowest BCUT2D eigenvalue weighted by Crippen LogP contribution is -2.48. The smallest absolute Gasteiger partial charge is 0.249 e. The van der Waals surface area contributed by atoms with Crippen LogP contribution < -0.4 is 0 Å². The highest BCUT2D eigenvalue weighted by Gasteiger charge is 2.22. The fourth-order valence-electron chi connectivity index (χ4n) is 3.00. The number of piperazine rings is 1. The highest BCUT2D eigenvalue weighted by atomic mass is 35.5. The van der Waals surface area contributed by atoms with Gasteiger partial charge in [-0.25, -0.2) is 4.98 Å². The van der Waals surface area contributed by atoms with Crippen LogP contribution >= 0.6 is 11.6 Å². The molecule has 24 heavy (non-hydrogen) atoms. The topological polar surface area (TPSA) is 52.2 Å². The Kier molecular flexibility index (Phi) is 4.92. The third-order valence-electron chi connectivity index (χ3n) is 4.79.